The summed E-state index contributed by atoms with van der Waals surface area (Å²) in [7, 11) is -3.53. The summed E-state index contributed by atoms with van der Waals surface area (Å²) in [5.41, 5.74) is 1.03. The Morgan fingerprint density at radius 1 is 1.29 bits per heavy atom. The Labute approximate surface area is 86.5 Å². The molecule has 0 fully saturated rings. The van der Waals surface area contributed by atoms with E-state index in [1.807, 2.05) is 13.8 Å². The number of hydrogen-bond acceptors (Lipinski definition) is 3. The van der Waals surface area contributed by atoms with Gasteiger partial charge in [0.1, 0.15) is 0 Å². The molecule has 0 bridgehead atoms. The van der Waals surface area contributed by atoms with Gasteiger partial charge >= 0.3 is 0 Å². The van der Waals surface area contributed by atoms with Gasteiger partial charge in [-0.25, -0.2) is 3.97 Å². The first-order valence-electron chi connectivity index (χ1n) is 4.29. The van der Waals surface area contributed by atoms with Crippen LogP contribution in [0.15, 0.2) is 29.2 Å². The highest BCUT2D eigenvalue weighted by atomic mass is 32.2. The number of rotatable bonds is 4. The second-order valence-electron chi connectivity index (χ2n) is 2.85. The van der Waals surface area contributed by atoms with Crippen LogP contribution >= 0.6 is 8.81 Å². The molecule has 0 N–H and O–H groups in total. The maximum absolute atomic E-state index is 11.5. The third-order valence-corrected chi connectivity index (χ3v) is 4.11. The lowest BCUT2D eigenvalue weighted by molar-refractivity contribution is 0.513. The molecule has 0 aliphatic carbocycles. The first-order chi connectivity index (χ1) is 6.56. The lowest BCUT2D eigenvalue weighted by atomic mass is 10.2. The van der Waals surface area contributed by atoms with Gasteiger partial charge in [0.15, 0.2) is 0 Å². The van der Waals surface area contributed by atoms with E-state index in [1.165, 1.54) is 0 Å². The predicted molar refractivity (Wildman–Crippen MR) is 58.3 cm³/mol. The molecule has 1 aromatic carbocycles. The van der Waals surface area contributed by atoms with E-state index in [4.69, 9.17) is 3.97 Å². The second-order valence-corrected chi connectivity index (χ2v) is 5.89. The molecule has 0 aliphatic heterocycles. The molecule has 1 aromatic rings. The van der Waals surface area contributed by atoms with E-state index in [1.54, 1.807) is 24.3 Å². The van der Waals surface area contributed by atoms with Crippen molar-refractivity contribution in [2.24, 2.45) is 0 Å². The smallest absolute Gasteiger partial charge is 0.247 e. The SMILES string of the molecule is CCPOS(=O)(=O)c1ccc(C)cc1. The van der Waals surface area contributed by atoms with Gasteiger partial charge in [-0.15, -0.1) is 0 Å². The minimum absolute atomic E-state index is 0.00109. The zero-order chi connectivity index (χ0) is 10.6. The summed E-state index contributed by atoms with van der Waals surface area (Å²) in [5.74, 6) is 0. The van der Waals surface area contributed by atoms with E-state index in [2.05, 4.69) is 0 Å². The van der Waals surface area contributed by atoms with Crippen LogP contribution in [0.5, 0.6) is 0 Å². The summed E-state index contributed by atoms with van der Waals surface area (Å²) in [6, 6.07) is 6.63. The van der Waals surface area contributed by atoms with Crippen molar-refractivity contribution < 1.29 is 12.4 Å². The molecule has 0 heterocycles. The van der Waals surface area contributed by atoms with Crippen LogP contribution in [0, 0.1) is 6.92 Å². The van der Waals surface area contributed by atoms with Crippen LogP contribution in [0.4, 0.5) is 0 Å². The van der Waals surface area contributed by atoms with Crippen molar-refractivity contribution in [2.75, 3.05) is 6.16 Å². The van der Waals surface area contributed by atoms with Crippen LogP contribution in [0.1, 0.15) is 12.5 Å². The highest BCUT2D eigenvalue weighted by Gasteiger charge is 2.13. The van der Waals surface area contributed by atoms with Crippen molar-refractivity contribution in [3.8, 4) is 0 Å². The highest BCUT2D eigenvalue weighted by molar-refractivity contribution is 7.89. The minimum atomic E-state index is -3.53. The third-order valence-electron chi connectivity index (χ3n) is 1.62. The molecule has 0 aromatic heterocycles. The van der Waals surface area contributed by atoms with Crippen LogP contribution in [0.25, 0.3) is 0 Å². The second kappa shape index (κ2) is 4.87. The standard InChI is InChI=1S/C9H13O3PS/c1-3-13-12-14(10,11)9-6-4-8(2)5-7-9/h4-7,13H,3H2,1-2H3. The average molecular weight is 232 g/mol. The minimum Gasteiger partial charge on any atom is -0.247 e. The van der Waals surface area contributed by atoms with Crippen LogP contribution in [0.2, 0.25) is 0 Å². The predicted octanol–water partition coefficient (Wildman–Crippen LogP) is 2.31. The van der Waals surface area contributed by atoms with Crippen LogP contribution < -0.4 is 0 Å². The van der Waals surface area contributed by atoms with Gasteiger partial charge in [0.25, 0.3) is 10.1 Å². The summed E-state index contributed by atoms with van der Waals surface area (Å²) in [6.45, 7) is 3.79. The molecule has 1 atom stereocenters. The van der Waals surface area contributed by atoms with Crippen molar-refractivity contribution in [3.05, 3.63) is 29.8 Å². The Balaban J connectivity index is 2.87. The molecule has 0 aliphatic rings. The van der Waals surface area contributed by atoms with Crippen molar-refractivity contribution in [3.63, 3.8) is 0 Å². The highest BCUT2D eigenvalue weighted by Crippen LogP contribution is 2.22. The summed E-state index contributed by atoms with van der Waals surface area (Å²) >= 11 is 0. The lowest BCUT2D eigenvalue weighted by Gasteiger charge is -2.03. The van der Waals surface area contributed by atoms with E-state index < -0.39 is 10.1 Å². The van der Waals surface area contributed by atoms with Gasteiger partial charge < -0.3 is 0 Å². The van der Waals surface area contributed by atoms with Crippen molar-refractivity contribution >= 4 is 18.9 Å². The van der Waals surface area contributed by atoms with Crippen molar-refractivity contribution in [1.82, 2.24) is 0 Å². The molecule has 0 saturated heterocycles. The number of benzene rings is 1. The van der Waals surface area contributed by atoms with Crippen LogP contribution in [-0.4, -0.2) is 14.6 Å². The molecule has 3 nitrogen and oxygen atoms in total. The van der Waals surface area contributed by atoms with Gasteiger partial charge in [-0.3, -0.25) is 0 Å². The molecular weight excluding hydrogens is 219 g/mol. The lowest BCUT2D eigenvalue weighted by Crippen LogP contribution is -2.00. The number of hydrogen-bond donors (Lipinski definition) is 0. The van der Waals surface area contributed by atoms with Crippen molar-refractivity contribution in [2.45, 2.75) is 18.7 Å². The fourth-order valence-corrected chi connectivity index (χ4v) is 2.84. The van der Waals surface area contributed by atoms with Gasteiger partial charge in [-0.05, 0) is 25.2 Å². The largest absolute Gasteiger partial charge is 0.299 e. The molecule has 1 rings (SSSR count). The Hall–Kier alpha value is -0.440. The first kappa shape index (κ1) is 11.6. The molecule has 0 saturated carbocycles. The molecular formula is C9H13O3PS. The normalized spacial score (nSPS) is 12.4. The summed E-state index contributed by atoms with van der Waals surface area (Å²) < 4.78 is 27.8. The molecule has 14 heavy (non-hydrogen) atoms. The Morgan fingerprint density at radius 3 is 2.36 bits per heavy atom. The third kappa shape index (κ3) is 3.05. The molecule has 78 valence electrons. The van der Waals surface area contributed by atoms with E-state index >= 15 is 0 Å². The van der Waals surface area contributed by atoms with E-state index in [0.717, 1.165) is 5.56 Å². The summed E-state index contributed by atoms with van der Waals surface area (Å²) in [5, 5.41) is 0. The van der Waals surface area contributed by atoms with E-state index in [-0.39, 0.29) is 13.7 Å². The maximum atomic E-state index is 11.5. The van der Waals surface area contributed by atoms with Gasteiger partial charge in [0.05, 0.1) is 4.90 Å². The molecule has 1 unspecified atom stereocenters. The van der Waals surface area contributed by atoms with Gasteiger partial charge in [0.2, 0.25) is 0 Å². The average Bonchev–Trinajstić information content (AvgIpc) is 2.16. The Kier molecular flexibility index (Phi) is 4.05. The maximum Gasteiger partial charge on any atom is 0.299 e. The van der Waals surface area contributed by atoms with Gasteiger partial charge in [-0.2, -0.15) is 8.42 Å². The van der Waals surface area contributed by atoms with E-state index in [9.17, 15) is 8.42 Å². The van der Waals surface area contributed by atoms with E-state index in [0.29, 0.717) is 6.16 Å². The fourth-order valence-electron chi connectivity index (χ4n) is 0.890. The fraction of sp³-hybridized carbons (Fsp3) is 0.333. The quantitative estimate of drug-likeness (QED) is 0.748. The molecule has 5 heteroatoms. The monoisotopic (exact) mass is 232 g/mol. The Bertz CT molecular complexity index is 383. The van der Waals surface area contributed by atoms with Crippen LogP contribution in [-0.2, 0) is 14.1 Å². The molecule has 0 radical (unpaired) electrons. The van der Waals surface area contributed by atoms with Crippen molar-refractivity contribution in [1.29, 1.82) is 0 Å². The van der Waals surface area contributed by atoms with Crippen LogP contribution in [0.3, 0.4) is 0 Å². The summed E-state index contributed by atoms with van der Waals surface area (Å²) in [6.07, 6.45) is 0.713. The molecule has 0 amide bonds. The van der Waals surface area contributed by atoms with Gasteiger partial charge in [0, 0.05) is 8.81 Å². The zero-order valence-corrected chi connectivity index (χ0v) is 9.97. The molecule has 0 spiro atoms. The first-order valence-corrected chi connectivity index (χ1v) is 6.81. The van der Waals surface area contributed by atoms with Gasteiger partial charge in [-0.1, -0.05) is 24.6 Å². The summed E-state index contributed by atoms with van der Waals surface area (Å²) in [4.78, 5) is 0.226. The topological polar surface area (TPSA) is 43.4 Å². The number of aryl methyl sites for hydroxylation is 1. The zero-order valence-electron chi connectivity index (χ0n) is 8.15. The Morgan fingerprint density at radius 2 is 1.86 bits per heavy atom.